The summed E-state index contributed by atoms with van der Waals surface area (Å²) in [6.07, 6.45) is 4.37. The molecule has 2 N–H and O–H groups in total. The van der Waals surface area contributed by atoms with E-state index in [0.29, 0.717) is 12.8 Å². The first kappa shape index (κ1) is 7.76. The lowest BCUT2D eigenvalue weighted by Gasteiger charge is -2.14. The highest BCUT2D eigenvalue weighted by Gasteiger charge is 2.18. The number of aliphatic hydroxyl groups is 2. The quantitative estimate of drug-likeness (QED) is 0.489. The van der Waals surface area contributed by atoms with Crippen LogP contribution >= 0.6 is 0 Å². The molecule has 10 heavy (non-hydrogen) atoms. The van der Waals surface area contributed by atoms with Crippen LogP contribution in [0.5, 0.6) is 0 Å². The SMILES string of the molecule is CC1C=CCC(O)CC1O. The van der Waals surface area contributed by atoms with Crippen LogP contribution in [0, 0.1) is 5.92 Å². The zero-order valence-corrected chi connectivity index (χ0v) is 6.20. The van der Waals surface area contributed by atoms with Crippen molar-refractivity contribution in [2.24, 2.45) is 5.92 Å². The fourth-order valence-electron chi connectivity index (χ4n) is 1.17. The van der Waals surface area contributed by atoms with Gasteiger partial charge in [0.2, 0.25) is 0 Å². The Balaban J connectivity index is 2.53. The molecule has 0 amide bonds. The van der Waals surface area contributed by atoms with E-state index >= 15 is 0 Å². The zero-order valence-electron chi connectivity index (χ0n) is 6.20. The summed E-state index contributed by atoms with van der Waals surface area (Å²) in [5.74, 6) is 0.192. The maximum Gasteiger partial charge on any atom is 0.0624 e. The zero-order chi connectivity index (χ0) is 7.56. The minimum atomic E-state index is -0.367. The van der Waals surface area contributed by atoms with Crippen LogP contribution in [-0.4, -0.2) is 22.4 Å². The second-order valence-electron chi connectivity index (χ2n) is 2.98. The van der Waals surface area contributed by atoms with Gasteiger partial charge < -0.3 is 10.2 Å². The third-order valence-electron chi connectivity index (χ3n) is 1.97. The highest BCUT2D eigenvalue weighted by Crippen LogP contribution is 2.17. The summed E-state index contributed by atoms with van der Waals surface area (Å²) in [6.45, 7) is 1.96. The molecule has 0 radical (unpaired) electrons. The molecule has 58 valence electrons. The van der Waals surface area contributed by atoms with Crippen LogP contribution < -0.4 is 0 Å². The Morgan fingerprint density at radius 3 is 2.80 bits per heavy atom. The second-order valence-corrected chi connectivity index (χ2v) is 2.98. The average molecular weight is 142 g/mol. The molecular formula is C8H14O2. The maximum absolute atomic E-state index is 9.32. The number of aliphatic hydroxyl groups excluding tert-OH is 2. The van der Waals surface area contributed by atoms with Crippen LogP contribution in [0.4, 0.5) is 0 Å². The topological polar surface area (TPSA) is 40.5 Å². The van der Waals surface area contributed by atoms with Gasteiger partial charge in [0.25, 0.3) is 0 Å². The normalized spacial score (nSPS) is 41.3. The van der Waals surface area contributed by atoms with E-state index in [0.717, 1.165) is 0 Å². The molecule has 0 aromatic rings. The van der Waals surface area contributed by atoms with E-state index in [1.54, 1.807) is 0 Å². The van der Waals surface area contributed by atoms with Gasteiger partial charge in [0.15, 0.2) is 0 Å². The molecule has 0 aromatic heterocycles. The summed E-state index contributed by atoms with van der Waals surface area (Å²) in [6, 6.07) is 0. The Bertz CT molecular complexity index is 131. The standard InChI is InChI=1S/C8H14O2/c1-6-3-2-4-7(9)5-8(6)10/h2-3,6-10H,4-5H2,1H3. The second kappa shape index (κ2) is 3.17. The van der Waals surface area contributed by atoms with E-state index in [-0.39, 0.29) is 18.1 Å². The molecule has 0 saturated heterocycles. The molecule has 2 nitrogen and oxygen atoms in total. The van der Waals surface area contributed by atoms with Crippen molar-refractivity contribution in [3.05, 3.63) is 12.2 Å². The molecule has 0 saturated carbocycles. The fourth-order valence-corrected chi connectivity index (χ4v) is 1.17. The van der Waals surface area contributed by atoms with Gasteiger partial charge in [-0.3, -0.25) is 0 Å². The molecule has 1 aliphatic carbocycles. The van der Waals surface area contributed by atoms with Crippen molar-refractivity contribution in [3.63, 3.8) is 0 Å². The van der Waals surface area contributed by atoms with Gasteiger partial charge in [0.1, 0.15) is 0 Å². The molecule has 2 heteroatoms. The van der Waals surface area contributed by atoms with Crippen LogP contribution in [0.15, 0.2) is 12.2 Å². The van der Waals surface area contributed by atoms with Crippen molar-refractivity contribution in [1.82, 2.24) is 0 Å². The Kier molecular flexibility index (Phi) is 2.46. The first-order chi connectivity index (χ1) is 4.70. The molecule has 0 aliphatic heterocycles. The van der Waals surface area contributed by atoms with Gasteiger partial charge >= 0.3 is 0 Å². The molecule has 1 aliphatic rings. The third-order valence-corrected chi connectivity index (χ3v) is 1.97. The average Bonchev–Trinajstić information content (AvgIpc) is 1.96. The van der Waals surface area contributed by atoms with E-state index in [9.17, 15) is 5.11 Å². The molecule has 0 bridgehead atoms. The monoisotopic (exact) mass is 142 g/mol. The molecule has 0 spiro atoms. The number of rotatable bonds is 0. The summed E-state index contributed by atoms with van der Waals surface area (Å²) in [7, 11) is 0. The van der Waals surface area contributed by atoms with Gasteiger partial charge in [-0.05, 0) is 6.42 Å². The summed E-state index contributed by atoms with van der Waals surface area (Å²) < 4.78 is 0. The van der Waals surface area contributed by atoms with Crippen LogP contribution in [-0.2, 0) is 0 Å². The van der Waals surface area contributed by atoms with Gasteiger partial charge in [-0.25, -0.2) is 0 Å². The Labute approximate surface area is 61.2 Å². The predicted molar refractivity (Wildman–Crippen MR) is 39.6 cm³/mol. The lowest BCUT2D eigenvalue weighted by atomic mass is 10.0. The molecule has 3 atom stereocenters. The van der Waals surface area contributed by atoms with Gasteiger partial charge in [0.05, 0.1) is 12.2 Å². The van der Waals surface area contributed by atoms with Crippen molar-refractivity contribution in [1.29, 1.82) is 0 Å². The van der Waals surface area contributed by atoms with Gasteiger partial charge in [-0.1, -0.05) is 19.1 Å². The predicted octanol–water partition coefficient (Wildman–Crippen LogP) is 0.694. The van der Waals surface area contributed by atoms with Crippen molar-refractivity contribution in [3.8, 4) is 0 Å². The Morgan fingerprint density at radius 2 is 2.10 bits per heavy atom. The fraction of sp³-hybridized carbons (Fsp3) is 0.750. The van der Waals surface area contributed by atoms with Gasteiger partial charge in [-0.2, -0.15) is 0 Å². The summed E-state index contributed by atoms with van der Waals surface area (Å²) >= 11 is 0. The minimum Gasteiger partial charge on any atom is -0.393 e. The van der Waals surface area contributed by atoms with E-state index < -0.39 is 0 Å². The summed E-state index contributed by atoms with van der Waals surface area (Å²) in [5, 5.41) is 18.5. The summed E-state index contributed by atoms with van der Waals surface area (Å²) in [5.41, 5.74) is 0. The van der Waals surface area contributed by atoms with Gasteiger partial charge in [0, 0.05) is 12.3 Å². The van der Waals surface area contributed by atoms with Crippen molar-refractivity contribution < 1.29 is 10.2 Å². The molecule has 0 fully saturated rings. The minimum absolute atomic E-state index is 0.192. The van der Waals surface area contributed by atoms with E-state index in [4.69, 9.17) is 5.11 Å². The van der Waals surface area contributed by atoms with Gasteiger partial charge in [-0.15, -0.1) is 0 Å². The largest absolute Gasteiger partial charge is 0.393 e. The van der Waals surface area contributed by atoms with E-state index in [2.05, 4.69) is 0 Å². The van der Waals surface area contributed by atoms with Crippen LogP contribution in [0.3, 0.4) is 0 Å². The van der Waals surface area contributed by atoms with Crippen LogP contribution in [0.25, 0.3) is 0 Å². The molecular weight excluding hydrogens is 128 g/mol. The van der Waals surface area contributed by atoms with Crippen LogP contribution in [0.1, 0.15) is 19.8 Å². The van der Waals surface area contributed by atoms with Crippen molar-refractivity contribution in [2.45, 2.75) is 32.0 Å². The summed E-state index contributed by atoms with van der Waals surface area (Å²) in [4.78, 5) is 0. The lowest BCUT2D eigenvalue weighted by molar-refractivity contribution is 0.0670. The van der Waals surface area contributed by atoms with Crippen molar-refractivity contribution in [2.75, 3.05) is 0 Å². The van der Waals surface area contributed by atoms with Crippen molar-refractivity contribution >= 4 is 0 Å². The molecule has 0 aromatic carbocycles. The highest BCUT2D eigenvalue weighted by atomic mass is 16.3. The van der Waals surface area contributed by atoms with Crippen LogP contribution in [0.2, 0.25) is 0 Å². The molecule has 0 heterocycles. The third kappa shape index (κ3) is 1.82. The first-order valence-electron chi connectivity index (χ1n) is 3.73. The highest BCUT2D eigenvalue weighted by molar-refractivity contribution is 4.95. The van der Waals surface area contributed by atoms with E-state index in [1.807, 2.05) is 19.1 Å². The smallest absolute Gasteiger partial charge is 0.0624 e. The Morgan fingerprint density at radius 1 is 1.40 bits per heavy atom. The molecule has 1 rings (SSSR count). The number of hydrogen-bond donors (Lipinski definition) is 2. The molecule has 3 unspecified atom stereocenters. The number of hydrogen-bond acceptors (Lipinski definition) is 2. The maximum atomic E-state index is 9.32. The van der Waals surface area contributed by atoms with E-state index in [1.165, 1.54) is 0 Å². The Hall–Kier alpha value is -0.340. The first-order valence-corrected chi connectivity index (χ1v) is 3.73. The lowest BCUT2D eigenvalue weighted by Crippen LogP contribution is -2.20.